The van der Waals surface area contributed by atoms with Crippen molar-refractivity contribution in [2.24, 2.45) is 0 Å². The average Bonchev–Trinajstić information content (AvgIpc) is 3.26. The number of para-hydroxylation sites is 1. The number of nitrogens with one attached hydrogen (secondary N) is 1. The molecule has 138 valence electrons. The molecule has 0 unspecified atom stereocenters. The zero-order valence-corrected chi connectivity index (χ0v) is 16.3. The van der Waals surface area contributed by atoms with Crippen LogP contribution in [-0.4, -0.2) is 29.2 Å². The fourth-order valence-corrected chi connectivity index (χ4v) is 4.28. The molecular formula is C20H18ClN3O2S. The van der Waals surface area contributed by atoms with Gasteiger partial charge in [-0.2, -0.15) is 0 Å². The van der Waals surface area contributed by atoms with E-state index in [1.807, 2.05) is 47.2 Å². The molecule has 1 amide bonds. The van der Waals surface area contributed by atoms with Gasteiger partial charge in [0.15, 0.2) is 0 Å². The summed E-state index contributed by atoms with van der Waals surface area (Å²) >= 11 is 7.97. The smallest absolute Gasteiger partial charge is 0.253 e. The Morgan fingerprint density at radius 3 is 2.93 bits per heavy atom. The van der Waals surface area contributed by atoms with Crippen LogP contribution in [0.2, 0.25) is 5.02 Å². The lowest BCUT2D eigenvalue weighted by Crippen LogP contribution is -2.22. The highest BCUT2D eigenvalue weighted by molar-refractivity contribution is 7.18. The summed E-state index contributed by atoms with van der Waals surface area (Å²) in [5.74, 6) is -0.163. The lowest BCUT2D eigenvalue weighted by molar-refractivity contribution is 0.0952. The van der Waals surface area contributed by atoms with Crippen molar-refractivity contribution >= 4 is 50.0 Å². The number of rotatable bonds is 6. The molecule has 27 heavy (non-hydrogen) atoms. The number of amides is 1. The topological polar surface area (TPSA) is 56.1 Å². The van der Waals surface area contributed by atoms with Crippen LogP contribution in [0.15, 0.2) is 48.7 Å². The van der Waals surface area contributed by atoms with E-state index in [0.29, 0.717) is 30.3 Å². The molecule has 7 heteroatoms. The molecular weight excluding hydrogens is 382 g/mol. The average molecular weight is 400 g/mol. The minimum Gasteiger partial charge on any atom is -0.383 e. The third kappa shape index (κ3) is 3.56. The normalized spacial score (nSPS) is 11.3. The van der Waals surface area contributed by atoms with Gasteiger partial charge in [0, 0.05) is 25.2 Å². The highest BCUT2D eigenvalue weighted by atomic mass is 35.5. The molecule has 4 aromatic rings. The summed E-state index contributed by atoms with van der Waals surface area (Å²) in [6.07, 6.45) is 1.84. The van der Waals surface area contributed by atoms with Gasteiger partial charge in [-0.1, -0.05) is 29.8 Å². The molecule has 0 saturated heterocycles. The van der Waals surface area contributed by atoms with E-state index in [1.54, 1.807) is 24.5 Å². The molecule has 0 aliphatic heterocycles. The maximum absolute atomic E-state index is 12.8. The van der Waals surface area contributed by atoms with Gasteiger partial charge in [0.25, 0.3) is 5.91 Å². The molecule has 0 aliphatic carbocycles. The van der Waals surface area contributed by atoms with Gasteiger partial charge in [-0.25, -0.2) is 4.98 Å². The number of methoxy groups -OCH3 is 1. The van der Waals surface area contributed by atoms with Crippen molar-refractivity contribution < 1.29 is 9.53 Å². The predicted octanol–water partition coefficient (Wildman–Crippen LogP) is 4.48. The van der Waals surface area contributed by atoms with Crippen molar-refractivity contribution in [3.05, 3.63) is 64.3 Å². The Bertz CT molecular complexity index is 1090. The van der Waals surface area contributed by atoms with Crippen molar-refractivity contribution in [2.75, 3.05) is 13.7 Å². The minimum atomic E-state index is -0.163. The van der Waals surface area contributed by atoms with Crippen LogP contribution in [0.1, 0.15) is 15.4 Å². The van der Waals surface area contributed by atoms with Crippen LogP contribution >= 0.6 is 22.9 Å². The number of aromatic nitrogens is 2. The van der Waals surface area contributed by atoms with Gasteiger partial charge in [0.05, 0.1) is 39.5 Å². The zero-order valence-electron chi connectivity index (χ0n) is 14.7. The first-order valence-electron chi connectivity index (χ1n) is 8.56. The minimum absolute atomic E-state index is 0.163. The SMILES string of the molecule is COCCn1cc(C(=O)NCc2nc3ccccc3s2)c2c(Cl)cccc21. The first-order valence-corrected chi connectivity index (χ1v) is 9.76. The van der Waals surface area contributed by atoms with Gasteiger partial charge in [0.1, 0.15) is 5.01 Å². The second-order valence-electron chi connectivity index (χ2n) is 6.12. The van der Waals surface area contributed by atoms with E-state index in [2.05, 4.69) is 10.3 Å². The Morgan fingerprint density at radius 2 is 2.11 bits per heavy atom. The molecule has 5 nitrogen and oxygen atoms in total. The second-order valence-corrected chi connectivity index (χ2v) is 7.64. The number of carbonyl (C=O) groups excluding carboxylic acids is 1. The molecule has 0 saturated carbocycles. The summed E-state index contributed by atoms with van der Waals surface area (Å²) in [7, 11) is 1.66. The molecule has 0 bridgehead atoms. The van der Waals surface area contributed by atoms with Gasteiger partial charge in [-0.3, -0.25) is 4.79 Å². The summed E-state index contributed by atoms with van der Waals surface area (Å²) in [6, 6.07) is 13.6. The van der Waals surface area contributed by atoms with Gasteiger partial charge in [-0.05, 0) is 24.3 Å². The van der Waals surface area contributed by atoms with E-state index in [0.717, 1.165) is 26.1 Å². The van der Waals surface area contributed by atoms with Crippen LogP contribution in [0.4, 0.5) is 0 Å². The van der Waals surface area contributed by atoms with E-state index in [9.17, 15) is 4.79 Å². The summed E-state index contributed by atoms with van der Waals surface area (Å²) < 4.78 is 8.28. The molecule has 0 aliphatic rings. The van der Waals surface area contributed by atoms with Crippen LogP contribution in [0.5, 0.6) is 0 Å². The number of thiazole rings is 1. The lowest BCUT2D eigenvalue weighted by Gasteiger charge is -2.04. The number of hydrogen-bond acceptors (Lipinski definition) is 4. The number of halogens is 1. The predicted molar refractivity (Wildman–Crippen MR) is 110 cm³/mol. The highest BCUT2D eigenvalue weighted by Gasteiger charge is 2.17. The van der Waals surface area contributed by atoms with E-state index in [1.165, 1.54) is 0 Å². The Kier molecular flexibility index (Phi) is 5.11. The standard InChI is InChI=1S/C20H18ClN3O2S/c1-26-10-9-24-12-13(19-14(21)5-4-7-16(19)24)20(25)22-11-18-23-15-6-2-3-8-17(15)27-18/h2-8,12H,9-11H2,1H3,(H,22,25). The fraction of sp³-hybridized carbons (Fsp3) is 0.200. The van der Waals surface area contributed by atoms with Crippen molar-refractivity contribution in [2.45, 2.75) is 13.1 Å². The first-order chi connectivity index (χ1) is 13.2. The van der Waals surface area contributed by atoms with Gasteiger partial charge < -0.3 is 14.6 Å². The van der Waals surface area contributed by atoms with Crippen LogP contribution < -0.4 is 5.32 Å². The third-order valence-corrected chi connectivity index (χ3v) is 5.73. The van der Waals surface area contributed by atoms with Crippen molar-refractivity contribution in [1.82, 2.24) is 14.9 Å². The number of hydrogen-bond donors (Lipinski definition) is 1. The van der Waals surface area contributed by atoms with Gasteiger partial charge in [0.2, 0.25) is 0 Å². The van der Waals surface area contributed by atoms with Crippen LogP contribution in [0.25, 0.3) is 21.1 Å². The first kappa shape index (κ1) is 18.0. The van der Waals surface area contributed by atoms with Gasteiger partial charge in [-0.15, -0.1) is 11.3 Å². The molecule has 1 N–H and O–H groups in total. The summed E-state index contributed by atoms with van der Waals surface area (Å²) in [5, 5.41) is 5.17. The highest BCUT2D eigenvalue weighted by Crippen LogP contribution is 2.29. The van der Waals surface area contributed by atoms with Crippen LogP contribution in [-0.2, 0) is 17.8 Å². The maximum atomic E-state index is 12.8. The number of carbonyl (C=O) groups is 1. The monoisotopic (exact) mass is 399 g/mol. The molecule has 0 spiro atoms. The number of ether oxygens (including phenoxy) is 1. The molecule has 0 radical (unpaired) electrons. The molecule has 0 atom stereocenters. The molecule has 2 aromatic heterocycles. The zero-order chi connectivity index (χ0) is 18.8. The van der Waals surface area contributed by atoms with Crippen molar-refractivity contribution in [3.63, 3.8) is 0 Å². The number of nitrogens with zero attached hydrogens (tertiary/aromatic N) is 2. The summed E-state index contributed by atoms with van der Waals surface area (Å²) in [5.41, 5.74) is 2.43. The quantitative estimate of drug-likeness (QED) is 0.520. The lowest BCUT2D eigenvalue weighted by atomic mass is 10.1. The Morgan fingerprint density at radius 1 is 1.26 bits per heavy atom. The van der Waals surface area contributed by atoms with Crippen LogP contribution in [0.3, 0.4) is 0 Å². The number of fused-ring (bicyclic) bond motifs is 2. The molecule has 2 heterocycles. The fourth-order valence-electron chi connectivity index (χ4n) is 3.10. The molecule has 4 rings (SSSR count). The third-order valence-electron chi connectivity index (χ3n) is 4.37. The van der Waals surface area contributed by atoms with Crippen molar-refractivity contribution in [3.8, 4) is 0 Å². The summed E-state index contributed by atoms with van der Waals surface area (Å²) in [4.78, 5) is 17.4. The van der Waals surface area contributed by atoms with Crippen LogP contribution in [0, 0.1) is 0 Å². The number of benzene rings is 2. The second kappa shape index (κ2) is 7.68. The van der Waals surface area contributed by atoms with Gasteiger partial charge >= 0.3 is 0 Å². The molecule has 0 fully saturated rings. The van der Waals surface area contributed by atoms with E-state index >= 15 is 0 Å². The Hall–Kier alpha value is -2.41. The van der Waals surface area contributed by atoms with E-state index < -0.39 is 0 Å². The van der Waals surface area contributed by atoms with E-state index in [4.69, 9.17) is 16.3 Å². The van der Waals surface area contributed by atoms with Crippen molar-refractivity contribution in [1.29, 1.82) is 0 Å². The largest absolute Gasteiger partial charge is 0.383 e. The Labute approximate surface area is 165 Å². The maximum Gasteiger partial charge on any atom is 0.253 e. The Balaban J connectivity index is 1.60. The molecule has 2 aromatic carbocycles. The van der Waals surface area contributed by atoms with E-state index in [-0.39, 0.29) is 5.91 Å². The summed E-state index contributed by atoms with van der Waals surface area (Å²) in [6.45, 7) is 1.59.